The van der Waals surface area contributed by atoms with E-state index in [1.807, 2.05) is 0 Å². The molecule has 72 valence electrons. The molecule has 0 amide bonds. The molecule has 0 aliphatic carbocycles. The maximum atomic E-state index is 8.73. The molecule has 0 fully saturated rings. The highest BCUT2D eigenvalue weighted by Crippen LogP contribution is 2.08. The Morgan fingerprint density at radius 3 is 2.75 bits per heavy atom. The van der Waals surface area contributed by atoms with Crippen molar-refractivity contribution in [2.24, 2.45) is 10.9 Å². The number of rotatable bonds is 3. The molecular formula is C8H17ClN2O. The van der Waals surface area contributed by atoms with Gasteiger partial charge in [-0.1, -0.05) is 13.8 Å². The molecule has 4 heteroatoms. The third-order valence-corrected chi connectivity index (χ3v) is 1.85. The van der Waals surface area contributed by atoms with Crippen molar-refractivity contribution in [2.45, 2.75) is 13.8 Å². The molecule has 0 saturated heterocycles. The van der Waals surface area contributed by atoms with E-state index in [0.29, 0.717) is 5.92 Å². The molecule has 0 unspecified atom stereocenters. The number of aliphatic hydroxyl groups excluding tert-OH is 1. The van der Waals surface area contributed by atoms with E-state index in [0.717, 1.165) is 25.5 Å². The fourth-order valence-electron chi connectivity index (χ4n) is 1.39. The molecule has 0 bridgehead atoms. The predicted octanol–water partition coefficient (Wildman–Crippen LogP) is 0.771. The van der Waals surface area contributed by atoms with Crippen molar-refractivity contribution >= 4 is 18.2 Å². The van der Waals surface area contributed by atoms with Crippen LogP contribution in [0.2, 0.25) is 0 Å². The summed E-state index contributed by atoms with van der Waals surface area (Å²) in [6.07, 6.45) is 0. The number of halogens is 1. The van der Waals surface area contributed by atoms with Gasteiger partial charge in [-0.2, -0.15) is 0 Å². The van der Waals surface area contributed by atoms with E-state index in [-0.39, 0.29) is 19.0 Å². The maximum Gasteiger partial charge on any atom is 0.102 e. The topological polar surface area (TPSA) is 35.8 Å². The predicted molar refractivity (Wildman–Crippen MR) is 53.0 cm³/mol. The minimum atomic E-state index is 0. The Balaban J connectivity index is 0.00000121. The zero-order valence-corrected chi connectivity index (χ0v) is 8.47. The van der Waals surface area contributed by atoms with Gasteiger partial charge in [0.2, 0.25) is 0 Å². The first-order valence-corrected chi connectivity index (χ1v) is 4.16. The molecule has 0 aromatic carbocycles. The lowest BCUT2D eigenvalue weighted by Gasteiger charge is -2.21. The van der Waals surface area contributed by atoms with Crippen molar-refractivity contribution in [3.8, 4) is 0 Å². The van der Waals surface area contributed by atoms with Crippen molar-refractivity contribution in [3.05, 3.63) is 0 Å². The van der Waals surface area contributed by atoms with Gasteiger partial charge in [0.25, 0.3) is 0 Å². The highest BCUT2D eigenvalue weighted by Gasteiger charge is 2.18. The molecule has 0 spiro atoms. The van der Waals surface area contributed by atoms with Crippen LogP contribution < -0.4 is 0 Å². The fraction of sp³-hybridized carbons (Fsp3) is 0.875. The van der Waals surface area contributed by atoms with Gasteiger partial charge < -0.3 is 10.0 Å². The summed E-state index contributed by atoms with van der Waals surface area (Å²) >= 11 is 0. The number of amidine groups is 1. The highest BCUT2D eigenvalue weighted by molar-refractivity contribution is 5.85. The lowest BCUT2D eigenvalue weighted by Crippen LogP contribution is -2.33. The van der Waals surface area contributed by atoms with E-state index < -0.39 is 0 Å². The number of hydrogen-bond donors (Lipinski definition) is 1. The van der Waals surface area contributed by atoms with Gasteiger partial charge in [0, 0.05) is 19.0 Å². The molecule has 1 heterocycles. The van der Waals surface area contributed by atoms with Gasteiger partial charge in [-0.3, -0.25) is 4.99 Å². The van der Waals surface area contributed by atoms with E-state index in [2.05, 4.69) is 23.7 Å². The van der Waals surface area contributed by atoms with Crippen LogP contribution in [0.3, 0.4) is 0 Å². The molecule has 0 radical (unpaired) electrons. The van der Waals surface area contributed by atoms with Crippen LogP contribution in [0.4, 0.5) is 0 Å². The van der Waals surface area contributed by atoms with Gasteiger partial charge in [0.1, 0.15) is 5.84 Å². The molecule has 0 saturated carbocycles. The standard InChI is InChI=1S/C8H16N2O.ClH/c1-7(2)8-9-3-4-10(8)5-6-11;/h7,11H,3-6H2,1-2H3;1H. The van der Waals surface area contributed by atoms with Crippen LogP contribution in [0.1, 0.15) is 13.8 Å². The molecule has 0 aromatic heterocycles. The van der Waals surface area contributed by atoms with Crippen LogP contribution in [0, 0.1) is 5.92 Å². The first-order valence-electron chi connectivity index (χ1n) is 4.16. The Labute approximate surface area is 79.9 Å². The smallest absolute Gasteiger partial charge is 0.102 e. The van der Waals surface area contributed by atoms with Gasteiger partial charge >= 0.3 is 0 Å². The van der Waals surface area contributed by atoms with Gasteiger partial charge in [-0.25, -0.2) is 0 Å². The molecule has 1 N–H and O–H groups in total. The Hall–Kier alpha value is -0.280. The van der Waals surface area contributed by atoms with E-state index in [1.165, 1.54) is 0 Å². The number of nitrogens with zero attached hydrogens (tertiary/aromatic N) is 2. The third kappa shape index (κ3) is 2.64. The summed E-state index contributed by atoms with van der Waals surface area (Å²) in [5.74, 6) is 1.64. The van der Waals surface area contributed by atoms with Crippen LogP contribution in [0.5, 0.6) is 0 Å². The van der Waals surface area contributed by atoms with E-state index in [4.69, 9.17) is 5.11 Å². The molecule has 1 rings (SSSR count). The fourth-order valence-corrected chi connectivity index (χ4v) is 1.39. The van der Waals surface area contributed by atoms with Gasteiger partial charge in [0.15, 0.2) is 0 Å². The second kappa shape index (κ2) is 5.38. The molecular weight excluding hydrogens is 176 g/mol. The van der Waals surface area contributed by atoms with Crippen LogP contribution in [0.25, 0.3) is 0 Å². The summed E-state index contributed by atoms with van der Waals surface area (Å²) in [5, 5.41) is 8.73. The Morgan fingerprint density at radius 2 is 2.25 bits per heavy atom. The summed E-state index contributed by atoms with van der Waals surface area (Å²) in [6.45, 7) is 7.10. The van der Waals surface area contributed by atoms with E-state index in [9.17, 15) is 0 Å². The van der Waals surface area contributed by atoms with Crippen LogP contribution in [-0.2, 0) is 0 Å². The number of aliphatic imine (C=N–C) groups is 1. The lowest BCUT2D eigenvalue weighted by molar-refractivity contribution is 0.253. The van der Waals surface area contributed by atoms with Crippen molar-refractivity contribution in [1.29, 1.82) is 0 Å². The van der Waals surface area contributed by atoms with Crippen LogP contribution in [-0.4, -0.2) is 42.1 Å². The Morgan fingerprint density at radius 1 is 1.58 bits per heavy atom. The molecule has 0 atom stereocenters. The van der Waals surface area contributed by atoms with Crippen LogP contribution >= 0.6 is 12.4 Å². The number of aliphatic hydroxyl groups is 1. The van der Waals surface area contributed by atoms with E-state index in [1.54, 1.807) is 0 Å². The minimum Gasteiger partial charge on any atom is -0.395 e. The van der Waals surface area contributed by atoms with Crippen LogP contribution in [0.15, 0.2) is 4.99 Å². The zero-order valence-electron chi connectivity index (χ0n) is 7.66. The molecule has 0 aromatic rings. The average molecular weight is 193 g/mol. The summed E-state index contributed by atoms with van der Waals surface area (Å²) in [5.41, 5.74) is 0. The first kappa shape index (κ1) is 11.7. The summed E-state index contributed by atoms with van der Waals surface area (Å²) in [4.78, 5) is 6.52. The number of β-amino-alcohol motifs (C(OH)–C–C–N with tert-alkyl or cyclic N) is 1. The molecule has 1 aliphatic rings. The van der Waals surface area contributed by atoms with E-state index >= 15 is 0 Å². The minimum absolute atomic E-state index is 0. The first-order chi connectivity index (χ1) is 5.25. The normalized spacial score (nSPS) is 16.3. The van der Waals surface area contributed by atoms with Crippen molar-refractivity contribution < 1.29 is 5.11 Å². The molecule has 1 aliphatic heterocycles. The quantitative estimate of drug-likeness (QED) is 0.717. The highest BCUT2D eigenvalue weighted by atomic mass is 35.5. The largest absolute Gasteiger partial charge is 0.395 e. The monoisotopic (exact) mass is 192 g/mol. The molecule has 3 nitrogen and oxygen atoms in total. The summed E-state index contributed by atoms with van der Waals surface area (Å²) < 4.78 is 0. The average Bonchev–Trinajstić information content (AvgIpc) is 2.36. The van der Waals surface area contributed by atoms with Crippen molar-refractivity contribution in [3.63, 3.8) is 0 Å². The summed E-state index contributed by atoms with van der Waals surface area (Å²) in [6, 6.07) is 0. The second-order valence-electron chi connectivity index (χ2n) is 3.11. The SMILES string of the molecule is CC(C)C1=NCCN1CCO.Cl. The summed E-state index contributed by atoms with van der Waals surface area (Å²) in [7, 11) is 0. The zero-order chi connectivity index (χ0) is 8.27. The number of hydrogen-bond acceptors (Lipinski definition) is 3. The van der Waals surface area contributed by atoms with Crippen molar-refractivity contribution in [2.75, 3.05) is 26.2 Å². The lowest BCUT2D eigenvalue weighted by atomic mass is 10.2. The van der Waals surface area contributed by atoms with Gasteiger partial charge in [0.05, 0.1) is 13.2 Å². The maximum absolute atomic E-state index is 8.73. The van der Waals surface area contributed by atoms with Gasteiger partial charge in [-0.05, 0) is 0 Å². The second-order valence-corrected chi connectivity index (χ2v) is 3.11. The third-order valence-electron chi connectivity index (χ3n) is 1.85. The molecule has 12 heavy (non-hydrogen) atoms. The Kier molecular flexibility index (Phi) is 5.25. The van der Waals surface area contributed by atoms with Gasteiger partial charge in [-0.15, -0.1) is 12.4 Å². The van der Waals surface area contributed by atoms with Crippen molar-refractivity contribution in [1.82, 2.24) is 4.90 Å². The Bertz CT molecular complexity index is 159.